The SMILES string of the molecule is O=S(=O)(c1cnn(-c2ccccc2)c1)N1CC(CO)Oc2ccccc21. The van der Waals surface area contributed by atoms with E-state index in [0.717, 1.165) is 5.69 Å². The highest BCUT2D eigenvalue weighted by molar-refractivity contribution is 7.92. The predicted octanol–water partition coefficient (Wildman–Crippen LogP) is 1.82. The van der Waals surface area contributed by atoms with Crippen LogP contribution in [0.4, 0.5) is 5.69 Å². The summed E-state index contributed by atoms with van der Waals surface area (Å²) in [5, 5.41) is 13.6. The van der Waals surface area contributed by atoms with Crippen molar-refractivity contribution in [3.63, 3.8) is 0 Å². The number of hydrogen-bond donors (Lipinski definition) is 1. The van der Waals surface area contributed by atoms with Crippen LogP contribution < -0.4 is 9.04 Å². The van der Waals surface area contributed by atoms with E-state index in [-0.39, 0.29) is 18.0 Å². The van der Waals surface area contributed by atoms with E-state index >= 15 is 0 Å². The number of aromatic nitrogens is 2. The summed E-state index contributed by atoms with van der Waals surface area (Å²) in [5.74, 6) is 0.428. The molecule has 1 N–H and O–H groups in total. The van der Waals surface area contributed by atoms with Crippen molar-refractivity contribution >= 4 is 15.7 Å². The molecule has 26 heavy (non-hydrogen) atoms. The number of aliphatic hydroxyl groups excluding tert-OH is 1. The van der Waals surface area contributed by atoms with Gasteiger partial charge in [-0.15, -0.1) is 0 Å². The minimum absolute atomic E-state index is 0.0341. The lowest BCUT2D eigenvalue weighted by Gasteiger charge is -2.34. The summed E-state index contributed by atoms with van der Waals surface area (Å²) in [4.78, 5) is 0.0785. The summed E-state index contributed by atoms with van der Waals surface area (Å²) in [6, 6.07) is 16.2. The Morgan fingerprint density at radius 2 is 1.85 bits per heavy atom. The molecule has 134 valence electrons. The van der Waals surface area contributed by atoms with Gasteiger partial charge in [0.2, 0.25) is 0 Å². The lowest BCUT2D eigenvalue weighted by molar-refractivity contribution is 0.116. The fraction of sp³-hybridized carbons (Fsp3) is 0.167. The molecule has 0 amide bonds. The second-order valence-corrected chi connectivity index (χ2v) is 7.74. The van der Waals surface area contributed by atoms with Gasteiger partial charge in [-0.3, -0.25) is 4.31 Å². The number of aliphatic hydroxyl groups is 1. The number of fused-ring (bicyclic) bond motifs is 1. The Balaban J connectivity index is 1.74. The van der Waals surface area contributed by atoms with Crippen LogP contribution in [0.2, 0.25) is 0 Å². The van der Waals surface area contributed by atoms with E-state index in [2.05, 4.69) is 5.10 Å². The Kier molecular flexibility index (Phi) is 4.14. The van der Waals surface area contributed by atoms with E-state index in [1.807, 2.05) is 30.3 Å². The number of nitrogens with zero attached hydrogens (tertiary/aromatic N) is 3. The molecule has 0 radical (unpaired) electrons. The van der Waals surface area contributed by atoms with Crippen molar-refractivity contribution in [1.82, 2.24) is 9.78 Å². The van der Waals surface area contributed by atoms with Crippen molar-refractivity contribution in [3.05, 3.63) is 67.0 Å². The molecule has 0 saturated heterocycles. The predicted molar refractivity (Wildman–Crippen MR) is 96.0 cm³/mol. The average molecular weight is 371 g/mol. The van der Waals surface area contributed by atoms with E-state index < -0.39 is 16.1 Å². The Bertz CT molecular complexity index is 1020. The molecule has 0 bridgehead atoms. The Hall–Kier alpha value is -2.84. The topological polar surface area (TPSA) is 84.7 Å². The normalized spacial score (nSPS) is 16.8. The number of ether oxygens (including phenoxy) is 1. The monoisotopic (exact) mass is 371 g/mol. The van der Waals surface area contributed by atoms with Crippen molar-refractivity contribution in [2.24, 2.45) is 0 Å². The fourth-order valence-electron chi connectivity index (χ4n) is 2.87. The van der Waals surface area contributed by atoms with Gasteiger partial charge in [0.25, 0.3) is 10.0 Å². The summed E-state index contributed by atoms with van der Waals surface area (Å²) >= 11 is 0. The Morgan fingerprint density at radius 1 is 1.12 bits per heavy atom. The maximum absolute atomic E-state index is 13.2. The number of hydrogen-bond acceptors (Lipinski definition) is 5. The minimum Gasteiger partial charge on any atom is -0.484 e. The molecule has 0 saturated carbocycles. The third-order valence-corrected chi connectivity index (χ3v) is 5.90. The van der Waals surface area contributed by atoms with Crippen LogP contribution in [0.15, 0.2) is 71.9 Å². The molecule has 2 heterocycles. The quantitative estimate of drug-likeness (QED) is 0.756. The van der Waals surface area contributed by atoms with Crippen LogP contribution in [0.3, 0.4) is 0 Å². The molecule has 0 aliphatic carbocycles. The Morgan fingerprint density at radius 3 is 2.62 bits per heavy atom. The summed E-state index contributed by atoms with van der Waals surface area (Å²) < 4.78 is 34.8. The highest BCUT2D eigenvalue weighted by Gasteiger charge is 2.34. The van der Waals surface area contributed by atoms with Crippen LogP contribution in [-0.4, -0.2) is 42.6 Å². The molecule has 3 aromatic rings. The number of benzene rings is 2. The van der Waals surface area contributed by atoms with Gasteiger partial charge in [0.1, 0.15) is 16.7 Å². The number of para-hydroxylation sites is 3. The van der Waals surface area contributed by atoms with Gasteiger partial charge in [0, 0.05) is 0 Å². The molecule has 0 fully saturated rings. The van der Waals surface area contributed by atoms with Gasteiger partial charge in [-0.05, 0) is 24.3 Å². The second-order valence-electron chi connectivity index (χ2n) is 5.88. The molecule has 8 heteroatoms. The van der Waals surface area contributed by atoms with Crippen LogP contribution in [0, 0.1) is 0 Å². The maximum atomic E-state index is 13.2. The van der Waals surface area contributed by atoms with E-state index in [4.69, 9.17) is 4.74 Å². The van der Waals surface area contributed by atoms with E-state index in [0.29, 0.717) is 11.4 Å². The van der Waals surface area contributed by atoms with Crippen molar-refractivity contribution < 1.29 is 18.3 Å². The lowest BCUT2D eigenvalue weighted by Crippen LogP contribution is -2.45. The van der Waals surface area contributed by atoms with Crippen LogP contribution in [0.5, 0.6) is 5.75 Å². The number of rotatable bonds is 4. The van der Waals surface area contributed by atoms with Crippen LogP contribution in [-0.2, 0) is 10.0 Å². The molecule has 1 aliphatic heterocycles. The highest BCUT2D eigenvalue weighted by Crippen LogP contribution is 2.36. The molecule has 1 unspecified atom stereocenters. The first-order valence-electron chi connectivity index (χ1n) is 8.09. The molecule has 4 rings (SSSR count). The number of anilines is 1. The summed E-state index contributed by atoms with van der Waals surface area (Å²) in [7, 11) is -3.85. The summed E-state index contributed by atoms with van der Waals surface area (Å²) in [5.41, 5.74) is 1.22. The zero-order chi connectivity index (χ0) is 18.1. The van der Waals surface area contributed by atoms with Crippen molar-refractivity contribution in [2.45, 2.75) is 11.0 Å². The zero-order valence-corrected chi connectivity index (χ0v) is 14.6. The van der Waals surface area contributed by atoms with Gasteiger partial charge in [-0.1, -0.05) is 30.3 Å². The van der Waals surface area contributed by atoms with Gasteiger partial charge < -0.3 is 9.84 Å². The third kappa shape index (κ3) is 2.83. The first-order valence-corrected chi connectivity index (χ1v) is 9.53. The van der Waals surface area contributed by atoms with Crippen LogP contribution in [0.25, 0.3) is 5.69 Å². The standard InChI is InChI=1S/C18H17N3O4S/c22-13-15-11-21(17-8-4-5-9-18(17)25-15)26(23,24)16-10-19-20(12-16)14-6-2-1-3-7-14/h1-10,12,15,22H,11,13H2. The maximum Gasteiger partial charge on any atom is 0.267 e. The largest absolute Gasteiger partial charge is 0.484 e. The van der Waals surface area contributed by atoms with Gasteiger partial charge in [0.05, 0.1) is 36.9 Å². The van der Waals surface area contributed by atoms with E-state index in [1.54, 1.807) is 24.3 Å². The molecule has 0 spiro atoms. The highest BCUT2D eigenvalue weighted by atomic mass is 32.2. The molecule has 2 aromatic carbocycles. The summed E-state index contributed by atoms with van der Waals surface area (Å²) in [6.45, 7) is -0.240. The lowest BCUT2D eigenvalue weighted by atomic mass is 10.2. The van der Waals surface area contributed by atoms with Crippen LogP contribution in [0.1, 0.15) is 0 Å². The van der Waals surface area contributed by atoms with E-state index in [9.17, 15) is 13.5 Å². The molecule has 1 aliphatic rings. The zero-order valence-electron chi connectivity index (χ0n) is 13.8. The first kappa shape index (κ1) is 16.6. The van der Waals surface area contributed by atoms with Gasteiger partial charge in [-0.2, -0.15) is 5.10 Å². The second kappa shape index (κ2) is 6.47. The Labute approximate surface area is 151 Å². The van der Waals surface area contributed by atoms with Gasteiger partial charge in [-0.25, -0.2) is 13.1 Å². The molecular formula is C18H17N3O4S. The van der Waals surface area contributed by atoms with Crippen molar-refractivity contribution in [1.29, 1.82) is 0 Å². The van der Waals surface area contributed by atoms with E-state index in [1.165, 1.54) is 21.4 Å². The first-order chi connectivity index (χ1) is 12.6. The summed E-state index contributed by atoms with van der Waals surface area (Å²) in [6.07, 6.45) is 2.19. The van der Waals surface area contributed by atoms with Crippen molar-refractivity contribution in [3.8, 4) is 11.4 Å². The minimum atomic E-state index is -3.85. The van der Waals surface area contributed by atoms with Crippen LogP contribution >= 0.6 is 0 Å². The van der Waals surface area contributed by atoms with Gasteiger partial charge >= 0.3 is 0 Å². The molecular weight excluding hydrogens is 354 g/mol. The van der Waals surface area contributed by atoms with Gasteiger partial charge in [0.15, 0.2) is 0 Å². The smallest absolute Gasteiger partial charge is 0.267 e. The molecule has 7 nitrogen and oxygen atoms in total. The average Bonchev–Trinajstić information content (AvgIpc) is 3.19. The third-order valence-electron chi connectivity index (χ3n) is 4.17. The van der Waals surface area contributed by atoms with Crippen molar-refractivity contribution in [2.75, 3.05) is 17.5 Å². The molecule has 1 atom stereocenters. The molecule has 1 aromatic heterocycles. The fourth-order valence-corrected chi connectivity index (χ4v) is 4.31. The number of sulfonamides is 1.